The van der Waals surface area contributed by atoms with Crippen LogP contribution in [-0.4, -0.2) is 191 Å². The molecule has 20 nitrogen and oxygen atoms in total. The number of hydrogen-bond acceptors (Lipinski definition) is 20. The van der Waals surface area contributed by atoms with Crippen LogP contribution in [0.25, 0.3) is 0 Å². The van der Waals surface area contributed by atoms with Crippen molar-refractivity contribution in [3.8, 4) is 0 Å². The molecule has 5 fully saturated rings. The molecule has 5 aliphatic rings. The summed E-state index contributed by atoms with van der Waals surface area (Å²) in [5.74, 6) is 0.548. The van der Waals surface area contributed by atoms with Crippen molar-refractivity contribution in [2.24, 2.45) is 34.6 Å². The summed E-state index contributed by atoms with van der Waals surface area (Å²) in [6, 6.07) is -4.15. The van der Waals surface area contributed by atoms with Crippen molar-refractivity contribution in [2.75, 3.05) is 39.3 Å². The van der Waals surface area contributed by atoms with Gasteiger partial charge in [-0.25, -0.2) is 0 Å². The minimum Gasteiger partial charge on any atom is -0.394 e. The smallest absolute Gasteiger partial charge is 0.187 e. The minimum absolute atomic E-state index is 0.103. The van der Waals surface area contributed by atoms with Gasteiger partial charge in [0.2, 0.25) is 0 Å². The Morgan fingerprint density at radius 2 is 1.28 bits per heavy atom. The van der Waals surface area contributed by atoms with E-state index in [4.69, 9.17) is 57.1 Å². The van der Waals surface area contributed by atoms with Gasteiger partial charge in [-0.1, -0.05) is 0 Å². The highest BCUT2D eigenvalue weighted by molar-refractivity contribution is 5.02. The molecule has 292 valence electrons. The Balaban J connectivity index is 1.24. The molecule has 4 heterocycles. The third kappa shape index (κ3) is 8.93. The van der Waals surface area contributed by atoms with Crippen molar-refractivity contribution in [3.05, 3.63) is 0 Å². The fourth-order valence-corrected chi connectivity index (χ4v) is 7.44. The molecule has 0 aromatic rings. The molecule has 0 spiro atoms. The summed E-state index contributed by atoms with van der Waals surface area (Å²) in [7, 11) is 0. The molecule has 1 aliphatic carbocycles. The molecule has 20 heteroatoms. The summed E-state index contributed by atoms with van der Waals surface area (Å²) in [5.41, 5.74) is 30.6. The zero-order chi connectivity index (χ0) is 36.3. The number of aliphatic hydroxyl groups is 7. The first-order chi connectivity index (χ1) is 23.9. The number of nitrogens with two attached hydrogens (primary N) is 5. The summed E-state index contributed by atoms with van der Waals surface area (Å²) in [5, 5.41) is 81.3. The van der Waals surface area contributed by atoms with Crippen molar-refractivity contribution in [1.29, 1.82) is 0 Å². The maximum atomic E-state index is 11.3. The number of nitrogens with one attached hydrogen (secondary N) is 2. The van der Waals surface area contributed by atoms with Gasteiger partial charge in [-0.05, 0) is 51.2 Å². The molecular weight excluding hydrogens is 666 g/mol. The summed E-state index contributed by atoms with van der Waals surface area (Å²) in [6.45, 7) is 2.07. The van der Waals surface area contributed by atoms with Gasteiger partial charge in [-0.15, -0.1) is 0 Å². The molecule has 5 rings (SSSR count). The van der Waals surface area contributed by atoms with Crippen molar-refractivity contribution < 1.29 is 64.2 Å². The molecule has 2 unspecified atom stereocenters. The molecule has 0 aromatic carbocycles. The van der Waals surface area contributed by atoms with Crippen LogP contribution in [0.1, 0.15) is 25.7 Å². The van der Waals surface area contributed by atoms with E-state index in [2.05, 4.69) is 10.6 Å². The number of aliphatic hydroxyl groups excluding tert-OH is 7. The molecule has 0 amide bonds. The Morgan fingerprint density at radius 3 is 1.90 bits per heavy atom. The van der Waals surface area contributed by atoms with E-state index in [-0.39, 0.29) is 19.5 Å². The Morgan fingerprint density at radius 1 is 0.680 bits per heavy atom. The van der Waals surface area contributed by atoms with E-state index in [1.165, 1.54) is 0 Å². The average molecular weight is 726 g/mol. The number of rotatable bonds is 13. The lowest BCUT2D eigenvalue weighted by atomic mass is 9.84. The first-order valence-electron chi connectivity index (χ1n) is 17.6. The van der Waals surface area contributed by atoms with Crippen LogP contribution in [0, 0.1) is 5.92 Å². The van der Waals surface area contributed by atoms with E-state index in [1.807, 2.05) is 0 Å². The summed E-state index contributed by atoms with van der Waals surface area (Å²) < 4.78 is 35.6. The second-order valence-electron chi connectivity index (χ2n) is 14.2. The Kier molecular flexibility index (Phi) is 14.6. The Hall–Kier alpha value is -0.800. The molecule has 0 radical (unpaired) electrons. The first kappa shape index (κ1) is 40.4. The van der Waals surface area contributed by atoms with Gasteiger partial charge in [0.05, 0.1) is 24.8 Å². The summed E-state index contributed by atoms with van der Waals surface area (Å²) in [4.78, 5) is 0. The molecule has 0 aromatic heterocycles. The van der Waals surface area contributed by atoms with Crippen molar-refractivity contribution in [3.63, 3.8) is 0 Å². The molecule has 4 saturated heterocycles. The second kappa shape index (κ2) is 18.0. The van der Waals surface area contributed by atoms with Crippen LogP contribution in [0.2, 0.25) is 0 Å². The highest BCUT2D eigenvalue weighted by Gasteiger charge is 2.54. The van der Waals surface area contributed by atoms with Gasteiger partial charge in [-0.3, -0.25) is 0 Å². The second-order valence-corrected chi connectivity index (χ2v) is 14.2. The SMILES string of the molecule is NCC1O[C@H](O[C@H]2[C@@H](O)[C@H](O[C@@H]3[C@@H](O)[C@H](N)C[C@H](N)[C@H]3O[C@H]3O[C@H](CNCCC4CCCNC4)[C@@H](O)[C@H](O)[C@H]3N)O[C@@H]2CO)[C@H](N)[C@@H](O)[C@@H]1O. The van der Waals surface area contributed by atoms with E-state index in [0.717, 1.165) is 32.4 Å². The topological polar surface area (TPSA) is 351 Å². The fourth-order valence-electron chi connectivity index (χ4n) is 7.44. The van der Waals surface area contributed by atoms with Crippen LogP contribution in [-0.2, 0) is 28.4 Å². The zero-order valence-electron chi connectivity index (χ0n) is 28.1. The molecule has 20 atom stereocenters. The Bertz CT molecular complexity index is 1040. The average Bonchev–Trinajstić information content (AvgIpc) is 3.41. The van der Waals surface area contributed by atoms with E-state index in [1.54, 1.807) is 0 Å². The lowest BCUT2D eigenvalue weighted by molar-refractivity contribution is -0.307. The van der Waals surface area contributed by atoms with Crippen LogP contribution in [0.15, 0.2) is 0 Å². The van der Waals surface area contributed by atoms with Gasteiger partial charge in [-0.2, -0.15) is 0 Å². The van der Waals surface area contributed by atoms with Gasteiger partial charge in [0.25, 0.3) is 0 Å². The van der Waals surface area contributed by atoms with Crippen LogP contribution in [0.4, 0.5) is 0 Å². The monoisotopic (exact) mass is 725 g/mol. The van der Waals surface area contributed by atoms with Gasteiger partial charge < -0.3 is 103 Å². The predicted octanol–water partition coefficient (Wildman–Crippen LogP) is -7.87. The fraction of sp³-hybridized carbons (Fsp3) is 1.00. The third-order valence-corrected chi connectivity index (χ3v) is 10.6. The number of piperidine rings is 1. The van der Waals surface area contributed by atoms with Crippen LogP contribution in [0.3, 0.4) is 0 Å². The van der Waals surface area contributed by atoms with Crippen molar-refractivity contribution >= 4 is 0 Å². The van der Waals surface area contributed by atoms with Crippen molar-refractivity contribution in [2.45, 2.75) is 142 Å². The highest BCUT2D eigenvalue weighted by atomic mass is 16.8. The largest absolute Gasteiger partial charge is 0.394 e. The van der Waals surface area contributed by atoms with E-state index in [9.17, 15) is 35.7 Å². The van der Waals surface area contributed by atoms with Crippen LogP contribution in [0.5, 0.6) is 0 Å². The van der Waals surface area contributed by atoms with Gasteiger partial charge in [0, 0.05) is 25.2 Å². The highest BCUT2D eigenvalue weighted by Crippen LogP contribution is 2.34. The summed E-state index contributed by atoms with van der Waals surface area (Å²) >= 11 is 0. The lowest BCUT2D eigenvalue weighted by Gasteiger charge is -2.47. The molecule has 1 saturated carbocycles. The number of ether oxygens (including phenoxy) is 6. The van der Waals surface area contributed by atoms with E-state index >= 15 is 0 Å². The van der Waals surface area contributed by atoms with E-state index < -0.39 is 123 Å². The molecule has 50 heavy (non-hydrogen) atoms. The molecule has 0 bridgehead atoms. The summed E-state index contributed by atoms with van der Waals surface area (Å²) in [6.07, 6.45) is -16.3. The van der Waals surface area contributed by atoms with Crippen molar-refractivity contribution in [1.82, 2.24) is 10.6 Å². The standard InChI is InChI=1S/C30H59N7O13/c31-7-14-20(40)22(42)17(34)28(45-14)49-26-16(10-38)47-30(24(26)44)50-27-19(39)12(32)6-13(33)25(27)48-29-18(35)23(43)21(41)15(46-29)9-37-5-3-11-2-1-4-36-8-11/h11-30,36-44H,1-10,31-35H2/t11?,12-,13+,14?,15-,16-,17-,18-,19+,20-,21-,22-,23-,24-,25-,26-,27-,28-,29-,30+/m1/s1. The van der Waals surface area contributed by atoms with Gasteiger partial charge >= 0.3 is 0 Å². The lowest BCUT2D eigenvalue weighted by Crippen LogP contribution is -2.68. The molecular formula is C30H59N7O13. The Labute approximate surface area is 290 Å². The normalized spacial score (nSPS) is 50.4. The predicted molar refractivity (Wildman–Crippen MR) is 172 cm³/mol. The maximum absolute atomic E-state index is 11.3. The van der Waals surface area contributed by atoms with Crippen LogP contribution < -0.4 is 39.3 Å². The maximum Gasteiger partial charge on any atom is 0.187 e. The minimum atomic E-state index is -1.60. The quantitative estimate of drug-likeness (QED) is 0.0784. The van der Waals surface area contributed by atoms with E-state index in [0.29, 0.717) is 12.5 Å². The first-order valence-corrected chi connectivity index (χ1v) is 17.6. The van der Waals surface area contributed by atoms with Crippen LogP contribution >= 0.6 is 0 Å². The molecule has 4 aliphatic heterocycles. The van der Waals surface area contributed by atoms with Gasteiger partial charge in [0.15, 0.2) is 18.9 Å². The number of hydrogen-bond donors (Lipinski definition) is 14. The van der Waals surface area contributed by atoms with Gasteiger partial charge in [0.1, 0.15) is 67.1 Å². The molecule has 19 N–H and O–H groups in total. The zero-order valence-corrected chi connectivity index (χ0v) is 28.1. The third-order valence-electron chi connectivity index (χ3n) is 10.6.